The maximum absolute atomic E-state index is 5.94. The molecule has 0 spiro atoms. The molecule has 1 nitrogen and oxygen atoms in total. The highest BCUT2D eigenvalue weighted by molar-refractivity contribution is 6.30. The number of benzene rings is 2. The molecule has 0 bridgehead atoms. The number of nitrogens with one attached hydrogen (secondary N) is 1. The summed E-state index contributed by atoms with van der Waals surface area (Å²) in [5.41, 5.74) is 3.81. The number of hydrogen-bond acceptors (Lipinski definition) is 1. The first kappa shape index (κ1) is 13.1. The van der Waals surface area contributed by atoms with Crippen LogP contribution < -0.4 is 5.32 Å². The van der Waals surface area contributed by atoms with E-state index in [-0.39, 0.29) is 6.04 Å². The van der Waals surface area contributed by atoms with Gasteiger partial charge in [-0.2, -0.15) is 0 Å². The zero-order valence-corrected chi connectivity index (χ0v) is 11.5. The Morgan fingerprint density at radius 3 is 1.94 bits per heavy atom. The van der Waals surface area contributed by atoms with Gasteiger partial charge in [-0.15, -0.1) is 0 Å². The Morgan fingerprint density at radius 2 is 1.44 bits per heavy atom. The largest absolute Gasteiger partial charge is 0.307 e. The predicted octanol–water partition coefficient (Wildman–Crippen LogP) is 4.35. The average Bonchev–Trinajstić information content (AvgIpc) is 2.39. The lowest BCUT2D eigenvalue weighted by atomic mass is 9.98. The Kier molecular flexibility index (Phi) is 4.40. The maximum Gasteiger partial charge on any atom is 0.0576 e. The monoisotopic (exact) mass is 259 g/mol. The van der Waals surface area contributed by atoms with Gasteiger partial charge in [-0.25, -0.2) is 0 Å². The quantitative estimate of drug-likeness (QED) is 0.861. The number of halogens is 1. The minimum absolute atomic E-state index is 0.230. The van der Waals surface area contributed by atoms with Crippen LogP contribution in [0.4, 0.5) is 0 Å². The summed E-state index contributed by atoms with van der Waals surface area (Å²) in [5.74, 6) is 0. The van der Waals surface area contributed by atoms with Gasteiger partial charge in [-0.1, -0.05) is 60.5 Å². The predicted molar refractivity (Wildman–Crippen MR) is 78.2 cm³/mol. The van der Waals surface area contributed by atoms with Crippen molar-refractivity contribution in [2.24, 2.45) is 0 Å². The number of rotatable bonds is 4. The fourth-order valence-electron chi connectivity index (χ4n) is 2.05. The first-order valence-electron chi connectivity index (χ1n) is 6.26. The summed E-state index contributed by atoms with van der Waals surface area (Å²) < 4.78 is 0. The van der Waals surface area contributed by atoms with Crippen molar-refractivity contribution < 1.29 is 0 Å². The highest BCUT2D eigenvalue weighted by atomic mass is 35.5. The Bertz CT molecular complexity index is 442. The van der Waals surface area contributed by atoms with Crippen LogP contribution in [-0.4, -0.2) is 6.54 Å². The highest BCUT2D eigenvalue weighted by Crippen LogP contribution is 2.23. The molecule has 2 aromatic carbocycles. The fourth-order valence-corrected chi connectivity index (χ4v) is 2.17. The standard InChI is InChI=1S/C16H18ClN/c1-3-18-16(13-6-4-12(2)5-7-13)14-8-10-15(17)11-9-14/h4-11,16,18H,3H2,1-2H3. The highest BCUT2D eigenvalue weighted by Gasteiger charge is 2.12. The summed E-state index contributed by atoms with van der Waals surface area (Å²) in [6.07, 6.45) is 0. The van der Waals surface area contributed by atoms with E-state index >= 15 is 0 Å². The second-order valence-electron chi connectivity index (χ2n) is 4.45. The third kappa shape index (κ3) is 3.12. The van der Waals surface area contributed by atoms with E-state index in [4.69, 9.17) is 11.6 Å². The van der Waals surface area contributed by atoms with Gasteiger partial charge in [0.25, 0.3) is 0 Å². The molecule has 0 radical (unpaired) electrons. The Balaban J connectivity index is 2.33. The van der Waals surface area contributed by atoms with E-state index in [0.717, 1.165) is 11.6 Å². The van der Waals surface area contributed by atoms with E-state index in [0.29, 0.717) is 0 Å². The lowest BCUT2D eigenvalue weighted by Crippen LogP contribution is -2.21. The Hall–Kier alpha value is -1.31. The van der Waals surface area contributed by atoms with Gasteiger partial charge in [0.05, 0.1) is 6.04 Å². The third-order valence-electron chi connectivity index (χ3n) is 3.02. The molecule has 0 amide bonds. The molecule has 0 saturated carbocycles. The van der Waals surface area contributed by atoms with Gasteiger partial charge in [0.2, 0.25) is 0 Å². The van der Waals surface area contributed by atoms with Crippen LogP contribution in [-0.2, 0) is 0 Å². The molecule has 0 aromatic heterocycles. The molecular formula is C16H18ClN. The molecule has 2 rings (SSSR count). The molecule has 2 heteroatoms. The van der Waals surface area contributed by atoms with Gasteiger partial charge in [0, 0.05) is 5.02 Å². The van der Waals surface area contributed by atoms with Crippen LogP contribution in [0.3, 0.4) is 0 Å². The van der Waals surface area contributed by atoms with Crippen molar-refractivity contribution in [2.45, 2.75) is 19.9 Å². The molecule has 1 atom stereocenters. The van der Waals surface area contributed by atoms with Crippen molar-refractivity contribution in [3.8, 4) is 0 Å². The number of aryl methyl sites for hydroxylation is 1. The fraction of sp³-hybridized carbons (Fsp3) is 0.250. The van der Waals surface area contributed by atoms with E-state index in [1.807, 2.05) is 12.1 Å². The maximum atomic E-state index is 5.94. The molecule has 2 aromatic rings. The topological polar surface area (TPSA) is 12.0 Å². The second-order valence-corrected chi connectivity index (χ2v) is 4.89. The average molecular weight is 260 g/mol. The van der Waals surface area contributed by atoms with Crippen molar-refractivity contribution in [2.75, 3.05) is 6.54 Å². The first-order chi connectivity index (χ1) is 8.70. The molecule has 0 heterocycles. The molecule has 18 heavy (non-hydrogen) atoms. The molecule has 1 unspecified atom stereocenters. The minimum atomic E-state index is 0.230. The van der Waals surface area contributed by atoms with E-state index in [1.165, 1.54) is 16.7 Å². The molecule has 1 N–H and O–H groups in total. The van der Waals surface area contributed by atoms with E-state index in [9.17, 15) is 0 Å². The summed E-state index contributed by atoms with van der Waals surface area (Å²) in [6, 6.07) is 16.9. The van der Waals surface area contributed by atoms with Crippen molar-refractivity contribution in [1.29, 1.82) is 0 Å². The number of hydrogen-bond donors (Lipinski definition) is 1. The lowest BCUT2D eigenvalue weighted by Gasteiger charge is -2.19. The molecular weight excluding hydrogens is 242 g/mol. The minimum Gasteiger partial charge on any atom is -0.307 e. The molecule has 0 aliphatic rings. The normalized spacial score (nSPS) is 12.4. The van der Waals surface area contributed by atoms with Crippen LogP contribution in [0, 0.1) is 6.92 Å². The SMILES string of the molecule is CCNC(c1ccc(C)cc1)c1ccc(Cl)cc1. The Morgan fingerprint density at radius 1 is 0.944 bits per heavy atom. The smallest absolute Gasteiger partial charge is 0.0576 e. The van der Waals surface area contributed by atoms with Crippen LogP contribution in [0.5, 0.6) is 0 Å². The van der Waals surface area contributed by atoms with Crippen LogP contribution >= 0.6 is 11.6 Å². The zero-order chi connectivity index (χ0) is 13.0. The molecule has 0 saturated heterocycles. The van der Waals surface area contributed by atoms with Crippen molar-refractivity contribution >= 4 is 11.6 Å². The van der Waals surface area contributed by atoms with Gasteiger partial charge < -0.3 is 5.32 Å². The van der Waals surface area contributed by atoms with E-state index in [1.54, 1.807) is 0 Å². The van der Waals surface area contributed by atoms with Gasteiger partial charge in [0.15, 0.2) is 0 Å². The molecule has 94 valence electrons. The van der Waals surface area contributed by atoms with Gasteiger partial charge in [-0.3, -0.25) is 0 Å². The Labute approximate surface area is 114 Å². The van der Waals surface area contributed by atoms with Crippen LogP contribution in [0.1, 0.15) is 29.7 Å². The molecule has 0 aliphatic heterocycles. The molecule has 0 fully saturated rings. The first-order valence-corrected chi connectivity index (χ1v) is 6.64. The van der Waals surface area contributed by atoms with Gasteiger partial charge in [0.1, 0.15) is 0 Å². The summed E-state index contributed by atoms with van der Waals surface area (Å²) in [7, 11) is 0. The summed E-state index contributed by atoms with van der Waals surface area (Å²) in [5, 5.41) is 4.29. The van der Waals surface area contributed by atoms with Gasteiger partial charge in [-0.05, 0) is 36.7 Å². The van der Waals surface area contributed by atoms with E-state index < -0.39 is 0 Å². The zero-order valence-electron chi connectivity index (χ0n) is 10.8. The van der Waals surface area contributed by atoms with Crippen molar-refractivity contribution in [3.63, 3.8) is 0 Å². The molecule has 0 aliphatic carbocycles. The van der Waals surface area contributed by atoms with Crippen LogP contribution in [0.2, 0.25) is 5.02 Å². The third-order valence-corrected chi connectivity index (χ3v) is 3.27. The van der Waals surface area contributed by atoms with Crippen LogP contribution in [0.15, 0.2) is 48.5 Å². The van der Waals surface area contributed by atoms with Gasteiger partial charge >= 0.3 is 0 Å². The summed E-state index contributed by atoms with van der Waals surface area (Å²) in [4.78, 5) is 0. The summed E-state index contributed by atoms with van der Waals surface area (Å²) >= 11 is 5.94. The lowest BCUT2D eigenvalue weighted by molar-refractivity contribution is 0.630. The van der Waals surface area contributed by atoms with Crippen molar-refractivity contribution in [1.82, 2.24) is 5.32 Å². The van der Waals surface area contributed by atoms with E-state index in [2.05, 4.69) is 55.6 Å². The van der Waals surface area contributed by atoms with Crippen LogP contribution in [0.25, 0.3) is 0 Å². The second kappa shape index (κ2) is 6.03. The van der Waals surface area contributed by atoms with Crippen molar-refractivity contribution in [3.05, 3.63) is 70.2 Å². The summed E-state index contributed by atoms with van der Waals surface area (Å²) in [6.45, 7) is 5.16.